The van der Waals surface area contributed by atoms with Crippen LogP contribution in [0.15, 0.2) is 0 Å². The summed E-state index contributed by atoms with van der Waals surface area (Å²) in [6.07, 6.45) is 4.74. The lowest BCUT2D eigenvalue weighted by Crippen LogP contribution is -2.32. The molecule has 0 aliphatic heterocycles. The van der Waals surface area contributed by atoms with Crippen LogP contribution < -0.4 is 0 Å². The second kappa shape index (κ2) is 6.70. The highest BCUT2D eigenvalue weighted by atomic mass is 31.2. The van der Waals surface area contributed by atoms with E-state index in [-0.39, 0.29) is 13.2 Å². The number of carbonyl (C=O) groups is 1. The van der Waals surface area contributed by atoms with Gasteiger partial charge in [-0.05, 0) is 13.8 Å². The maximum Gasteiger partial charge on any atom is 0.440 e. The van der Waals surface area contributed by atoms with Crippen molar-refractivity contribution in [3.8, 4) is 12.3 Å². The third-order valence-corrected chi connectivity index (χ3v) is 3.54. The van der Waals surface area contributed by atoms with Gasteiger partial charge < -0.3 is 13.8 Å². The maximum atomic E-state index is 13.5. The van der Waals surface area contributed by atoms with Crippen molar-refractivity contribution in [2.75, 3.05) is 19.8 Å². The first-order chi connectivity index (χ1) is 7.85. The first-order valence-corrected chi connectivity index (χ1v) is 6.27. The quantitative estimate of drug-likeness (QED) is 0.402. The Balaban J connectivity index is 5.01. The van der Waals surface area contributed by atoms with E-state index in [1.165, 1.54) is 13.8 Å². The van der Waals surface area contributed by atoms with E-state index >= 15 is 0 Å². The van der Waals surface area contributed by atoms with Gasteiger partial charge in [0.1, 0.15) is 0 Å². The Kier molecular flexibility index (Phi) is 6.32. The average Bonchev–Trinajstić information content (AvgIpc) is 2.26. The van der Waals surface area contributed by atoms with Gasteiger partial charge in [-0.25, -0.2) is 4.79 Å². The number of ether oxygens (including phenoxy) is 1. The summed E-state index contributed by atoms with van der Waals surface area (Å²) < 4.78 is 51.5. The number of rotatable bonds is 7. The highest BCUT2D eigenvalue weighted by molar-refractivity contribution is 7.56. The maximum absolute atomic E-state index is 13.5. The molecule has 0 aromatic rings. The molecule has 0 unspecified atom stereocenters. The van der Waals surface area contributed by atoms with Crippen LogP contribution in [0.4, 0.5) is 8.78 Å². The average molecular weight is 270 g/mol. The molecule has 0 aliphatic carbocycles. The molecule has 0 aromatic carbocycles. The molecule has 17 heavy (non-hydrogen) atoms. The Labute approximate surface area is 98.0 Å². The van der Waals surface area contributed by atoms with Crippen LogP contribution in [0, 0.1) is 12.3 Å². The smallest absolute Gasteiger partial charge is 0.440 e. The highest BCUT2D eigenvalue weighted by Gasteiger charge is 2.61. The van der Waals surface area contributed by atoms with Crippen molar-refractivity contribution in [3.05, 3.63) is 0 Å². The molecule has 0 fully saturated rings. The van der Waals surface area contributed by atoms with Gasteiger partial charge in [-0.3, -0.25) is 4.57 Å². The number of alkyl halides is 2. The zero-order chi connectivity index (χ0) is 13.5. The molecule has 0 aromatic heterocycles. The molecule has 0 bridgehead atoms. The van der Waals surface area contributed by atoms with Gasteiger partial charge in [-0.1, -0.05) is 5.92 Å². The zero-order valence-electron chi connectivity index (χ0n) is 9.44. The van der Waals surface area contributed by atoms with E-state index in [4.69, 9.17) is 6.42 Å². The third kappa shape index (κ3) is 3.77. The molecule has 0 saturated heterocycles. The van der Waals surface area contributed by atoms with Crippen molar-refractivity contribution >= 4 is 13.6 Å². The van der Waals surface area contributed by atoms with Gasteiger partial charge in [0.15, 0.2) is 6.61 Å². The molecule has 0 saturated carbocycles. The van der Waals surface area contributed by atoms with Crippen LogP contribution in [0.5, 0.6) is 0 Å². The van der Waals surface area contributed by atoms with Gasteiger partial charge in [0.25, 0.3) is 0 Å². The minimum absolute atomic E-state index is 0.296. The van der Waals surface area contributed by atoms with E-state index in [0.29, 0.717) is 0 Å². The van der Waals surface area contributed by atoms with Gasteiger partial charge in [0.05, 0.1) is 13.2 Å². The first-order valence-electron chi connectivity index (χ1n) is 4.73. The van der Waals surface area contributed by atoms with Crippen molar-refractivity contribution in [1.82, 2.24) is 0 Å². The molecule has 5 nitrogen and oxygen atoms in total. The number of halogens is 2. The van der Waals surface area contributed by atoms with E-state index in [1.807, 2.05) is 5.92 Å². The van der Waals surface area contributed by atoms with Crippen LogP contribution in [-0.4, -0.2) is 31.5 Å². The molecule has 0 atom stereocenters. The molecule has 0 radical (unpaired) electrons. The number of hydrogen-bond donors (Lipinski definition) is 0. The SMILES string of the molecule is C#CCOC(=O)C(F)(F)P(=O)(OCC)OCC. The van der Waals surface area contributed by atoms with Crippen molar-refractivity contribution < 1.29 is 31.9 Å². The molecule has 0 spiro atoms. The number of esters is 1. The normalized spacial score (nSPS) is 11.9. The van der Waals surface area contributed by atoms with Crippen molar-refractivity contribution in [2.45, 2.75) is 19.5 Å². The predicted molar refractivity (Wildman–Crippen MR) is 55.6 cm³/mol. The minimum Gasteiger partial charge on any atom is -0.448 e. The van der Waals surface area contributed by atoms with Gasteiger partial charge in [0, 0.05) is 0 Å². The van der Waals surface area contributed by atoms with Gasteiger partial charge in [-0.15, -0.1) is 6.42 Å². The third-order valence-electron chi connectivity index (χ3n) is 1.47. The second-order valence-electron chi connectivity index (χ2n) is 2.65. The van der Waals surface area contributed by atoms with Crippen LogP contribution in [0.1, 0.15) is 13.8 Å². The van der Waals surface area contributed by atoms with E-state index in [2.05, 4.69) is 13.8 Å². The predicted octanol–water partition coefficient (Wildman–Crippen LogP) is 2.02. The molecular formula is C9H13F2O5P. The summed E-state index contributed by atoms with van der Waals surface area (Å²) >= 11 is 0. The lowest BCUT2D eigenvalue weighted by atomic mass is 10.7. The van der Waals surface area contributed by atoms with Gasteiger partial charge in [0.2, 0.25) is 0 Å². The van der Waals surface area contributed by atoms with Crippen molar-refractivity contribution in [3.63, 3.8) is 0 Å². The van der Waals surface area contributed by atoms with Crippen LogP contribution in [0.2, 0.25) is 0 Å². The molecule has 0 N–H and O–H groups in total. The lowest BCUT2D eigenvalue weighted by molar-refractivity contribution is -0.161. The van der Waals surface area contributed by atoms with Gasteiger partial charge in [-0.2, -0.15) is 8.78 Å². The Bertz CT molecular complexity index is 340. The minimum atomic E-state index is -4.90. The highest BCUT2D eigenvalue weighted by Crippen LogP contribution is 2.62. The fourth-order valence-electron chi connectivity index (χ4n) is 0.845. The molecule has 8 heteroatoms. The largest absolute Gasteiger partial charge is 0.448 e. The first kappa shape index (κ1) is 16.0. The van der Waals surface area contributed by atoms with E-state index < -0.39 is 25.8 Å². The Hall–Kier alpha value is -0.960. The standard InChI is InChI=1S/C9H13F2O5P/c1-4-7-14-8(12)9(10,11)17(13,15-5-2)16-6-3/h1H,5-7H2,2-3H3. The Morgan fingerprint density at radius 1 is 1.35 bits per heavy atom. The number of hydrogen-bond acceptors (Lipinski definition) is 5. The molecular weight excluding hydrogens is 257 g/mol. The molecule has 0 amide bonds. The summed E-state index contributed by atoms with van der Waals surface area (Å²) in [6, 6.07) is 0. The summed E-state index contributed by atoms with van der Waals surface area (Å²) in [4.78, 5) is 11.0. The molecule has 98 valence electrons. The van der Waals surface area contributed by atoms with Crippen molar-refractivity contribution in [2.24, 2.45) is 0 Å². The lowest BCUT2D eigenvalue weighted by Gasteiger charge is -2.23. The Morgan fingerprint density at radius 3 is 2.18 bits per heavy atom. The zero-order valence-corrected chi connectivity index (χ0v) is 10.3. The topological polar surface area (TPSA) is 61.8 Å². The fraction of sp³-hybridized carbons (Fsp3) is 0.667. The number of terminal acetylenes is 1. The summed E-state index contributed by atoms with van der Waals surface area (Å²) in [5, 5.41) is 0. The summed E-state index contributed by atoms with van der Waals surface area (Å²) in [5.41, 5.74) is -4.38. The van der Waals surface area contributed by atoms with Gasteiger partial charge >= 0.3 is 19.2 Å². The fourth-order valence-corrected chi connectivity index (χ4v) is 2.21. The molecule has 0 aliphatic rings. The van der Waals surface area contributed by atoms with Crippen LogP contribution in [0.25, 0.3) is 0 Å². The number of carbonyl (C=O) groups excluding carboxylic acids is 1. The van der Waals surface area contributed by atoms with Crippen LogP contribution in [0.3, 0.4) is 0 Å². The van der Waals surface area contributed by atoms with E-state index in [0.717, 1.165) is 0 Å². The summed E-state index contributed by atoms with van der Waals surface area (Å²) in [7, 11) is -4.90. The molecule has 0 heterocycles. The van der Waals surface area contributed by atoms with Crippen molar-refractivity contribution in [1.29, 1.82) is 0 Å². The Morgan fingerprint density at radius 2 is 1.82 bits per heavy atom. The monoisotopic (exact) mass is 270 g/mol. The second-order valence-corrected chi connectivity index (χ2v) is 4.73. The van der Waals surface area contributed by atoms with Crippen LogP contribution >= 0.6 is 7.60 Å². The molecule has 0 rings (SSSR count). The van der Waals surface area contributed by atoms with E-state index in [9.17, 15) is 18.1 Å². The summed E-state index contributed by atoms with van der Waals surface area (Å²) in [6.45, 7) is 1.44. The summed E-state index contributed by atoms with van der Waals surface area (Å²) in [5.74, 6) is -0.189. The van der Waals surface area contributed by atoms with E-state index in [1.54, 1.807) is 0 Å². The van der Waals surface area contributed by atoms with Crippen LogP contribution in [-0.2, 0) is 23.1 Å².